The van der Waals surface area contributed by atoms with Gasteiger partial charge in [0.2, 0.25) is 0 Å². The maximum Gasteiger partial charge on any atom is 0.271 e. The van der Waals surface area contributed by atoms with E-state index >= 15 is 0 Å². The fourth-order valence-electron chi connectivity index (χ4n) is 4.13. The lowest BCUT2D eigenvalue weighted by Gasteiger charge is -2.48. The van der Waals surface area contributed by atoms with Crippen molar-refractivity contribution in [3.63, 3.8) is 0 Å². The number of carbonyl (C=O) groups excluding carboxylic acids is 1. The van der Waals surface area contributed by atoms with E-state index in [-0.39, 0.29) is 11.4 Å². The largest absolute Gasteiger partial charge is 0.379 e. The zero-order valence-electron chi connectivity index (χ0n) is 14.5. The van der Waals surface area contributed by atoms with Crippen molar-refractivity contribution in [1.29, 1.82) is 0 Å². The first kappa shape index (κ1) is 16.5. The van der Waals surface area contributed by atoms with Gasteiger partial charge >= 0.3 is 0 Å². The summed E-state index contributed by atoms with van der Waals surface area (Å²) in [5.74, 6) is -0.122. The molecule has 1 aliphatic heterocycles. The fraction of sp³-hybridized carbons (Fsp3) is 0.611. The lowest BCUT2D eigenvalue weighted by atomic mass is 9.79. The average molecular weight is 343 g/mol. The Kier molecular flexibility index (Phi) is 4.67. The van der Waals surface area contributed by atoms with Crippen LogP contribution in [0.1, 0.15) is 42.6 Å². The minimum absolute atomic E-state index is 0.0646. The number of rotatable bonds is 4. The van der Waals surface area contributed by atoms with Crippen LogP contribution in [0.2, 0.25) is 0 Å². The molecule has 2 aromatic rings. The molecule has 7 heteroatoms. The van der Waals surface area contributed by atoms with Gasteiger partial charge in [-0.25, -0.2) is 9.50 Å². The Labute approximate surface area is 147 Å². The van der Waals surface area contributed by atoms with E-state index in [9.17, 15) is 4.79 Å². The number of nitrogens with zero attached hydrogens (tertiary/aromatic N) is 4. The Bertz CT molecular complexity index is 699. The van der Waals surface area contributed by atoms with Crippen LogP contribution in [0.5, 0.6) is 0 Å². The third-order valence-corrected chi connectivity index (χ3v) is 5.51. The molecule has 1 aliphatic carbocycles. The van der Waals surface area contributed by atoms with Crippen molar-refractivity contribution < 1.29 is 9.53 Å². The van der Waals surface area contributed by atoms with Crippen LogP contribution in [0.3, 0.4) is 0 Å². The van der Waals surface area contributed by atoms with E-state index in [1.54, 1.807) is 29.0 Å². The molecule has 0 atom stereocenters. The first-order chi connectivity index (χ1) is 12.3. The van der Waals surface area contributed by atoms with Gasteiger partial charge in [0.1, 0.15) is 0 Å². The predicted molar refractivity (Wildman–Crippen MR) is 93.5 cm³/mol. The highest BCUT2D eigenvalue weighted by molar-refractivity contribution is 5.93. The van der Waals surface area contributed by atoms with Crippen LogP contribution in [0.4, 0.5) is 0 Å². The molecule has 7 nitrogen and oxygen atoms in total. The molecular formula is C18H25N5O2. The first-order valence-corrected chi connectivity index (χ1v) is 9.18. The standard InChI is InChI=1S/C18H25N5O2/c24-17(15-13-16-19-7-4-8-23(16)21-15)20-14-18(5-2-1-3-6-18)22-9-11-25-12-10-22/h4,7-8,13H,1-3,5-6,9-12,14H2,(H,20,24). The zero-order valence-corrected chi connectivity index (χ0v) is 14.5. The number of amides is 1. The van der Waals surface area contributed by atoms with Crippen molar-refractivity contribution in [1.82, 2.24) is 24.8 Å². The SMILES string of the molecule is O=C(NCC1(N2CCOCC2)CCCCC1)c1cc2ncccn2n1. The molecule has 1 saturated carbocycles. The Morgan fingerprint density at radius 1 is 1.24 bits per heavy atom. The molecule has 0 bridgehead atoms. The van der Waals surface area contributed by atoms with Crippen LogP contribution in [0, 0.1) is 0 Å². The minimum Gasteiger partial charge on any atom is -0.379 e. The summed E-state index contributed by atoms with van der Waals surface area (Å²) in [4.78, 5) is 19.4. The molecule has 25 heavy (non-hydrogen) atoms. The van der Waals surface area contributed by atoms with Gasteiger partial charge < -0.3 is 10.1 Å². The van der Waals surface area contributed by atoms with Crippen molar-refractivity contribution in [2.24, 2.45) is 0 Å². The van der Waals surface area contributed by atoms with Gasteiger partial charge in [-0.15, -0.1) is 0 Å². The van der Waals surface area contributed by atoms with E-state index < -0.39 is 0 Å². The van der Waals surface area contributed by atoms with Gasteiger partial charge in [0.05, 0.1) is 13.2 Å². The Balaban J connectivity index is 1.47. The molecule has 1 saturated heterocycles. The maximum absolute atomic E-state index is 12.6. The van der Waals surface area contributed by atoms with Crippen molar-refractivity contribution in [2.75, 3.05) is 32.8 Å². The normalized spacial score (nSPS) is 21.3. The fourth-order valence-corrected chi connectivity index (χ4v) is 4.13. The van der Waals surface area contributed by atoms with E-state index in [0.717, 1.165) is 39.1 Å². The lowest BCUT2D eigenvalue weighted by molar-refractivity contribution is -0.0361. The van der Waals surface area contributed by atoms with Crippen molar-refractivity contribution in [3.8, 4) is 0 Å². The predicted octanol–water partition coefficient (Wildman–Crippen LogP) is 1.49. The van der Waals surface area contributed by atoms with Gasteiger partial charge in [-0.2, -0.15) is 5.10 Å². The quantitative estimate of drug-likeness (QED) is 0.911. The average Bonchev–Trinajstić information content (AvgIpc) is 3.12. The molecule has 2 aromatic heterocycles. The molecule has 0 radical (unpaired) electrons. The van der Waals surface area contributed by atoms with Gasteiger partial charge in [0.25, 0.3) is 5.91 Å². The number of ether oxygens (including phenoxy) is 1. The second kappa shape index (κ2) is 7.09. The van der Waals surface area contributed by atoms with E-state index in [2.05, 4.69) is 20.3 Å². The second-order valence-electron chi connectivity index (χ2n) is 7.02. The second-order valence-corrected chi connectivity index (χ2v) is 7.02. The van der Waals surface area contributed by atoms with Gasteiger partial charge in [-0.3, -0.25) is 9.69 Å². The molecule has 134 valence electrons. The third-order valence-electron chi connectivity index (χ3n) is 5.51. The van der Waals surface area contributed by atoms with Crippen LogP contribution >= 0.6 is 0 Å². The van der Waals surface area contributed by atoms with Crippen LogP contribution in [0.25, 0.3) is 5.65 Å². The van der Waals surface area contributed by atoms with Crippen molar-refractivity contribution in [2.45, 2.75) is 37.6 Å². The van der Waals surface area contributed by atoms with E-state index in [4.69, 9.17) is 4.74 Å². The van der Waals surface area contributed by atoms with Gasteiger partial charge in [-0.1, -0.05) is 19.3 Å². The molecule has 1 amide bonds. The number of morpholine rings is 1. The molecule has 0 aromatic carbocycles. The molecule has 1 N–H and O–H groups in total. The summed E-state index contributed by atoms with van der Waals surface area (Å²) >= 11 is 0. The molecular weight excluding hydrogens is 318 g/mol. The molecule has 2 aliphatic rings. The smallest absolute Gasteiger partial charge is 0.271 e. The highest BCUT2D eigenvalue weighted by Crippen LogP contribution is 2.33. The number of carbonyl (C=O) groups is 1. The van der Waals surface area contributed by atoms with E-state index in [1.165, 1.54) is 19.3 Å². The molecule has 2 fully saturated rings. The van der Waals surface area contributed by atoms with E-state index in [0.29, 0.717) is 17.9 Å². The Morgan fingerprint density at radius 2 is 2.04 bits per heavy atom. The minimum atomic E-state index is -0.122. The van der Waals surface area contributed by atoms with E-state index in [1.807, 2.05) is 0 Å². The highest BCUT2D eigenvalue weighted by Gasteiger charge is 2.38. The number of aromatic nitrogens is 3. The summed E-state index contributed by atoms with van der Waals surface area (Å²) in [5, 5.41) is 7.46. The molecule has 0 spiro atoms. The molecule has 3 heterocycles. The number of fused-ring (bicyclic) bond motifs is 1. The van der Waals surface area contributed by atoms with Crippen LogP contribution in [-0.4, -0.2) is 63.8 Å². The topological polar surface area (TPSA) is 71.8 Å². The van der Waals surface area contributed by atoms with Crippen LogP contribution < -0.4 is 5.32 Å². The number of nitrogens with one attached hydrogen (secondary N) is 1. The van der Waals surface area contributed by atoms with Gasteiger partial charge in [0.15, 0.2) is 11.3 Å². The summed E-state index contributed by atoms with van der Waals surface area (Å²) in [5.41, 5.74) is 1.18. The lowest BCUT2D eigenvalue weighted by Crippen LogP contribution is -2.59. The highest BCUT2D eigenvalue weighted by atomic mass is 16.5. The number of hydrogen-bond acceptors (Lipinski definition) is 5. The van der Waals surface area contributed by atoms with Gasteiger partial charge in [-0.05, 0) is 18.9 Å². The summed E-state index contributed by atoms with van der Waals surface area (Å²) in [7, 11) is 0. The summed E-state index contributed by atoms with van der Waals surface area (Å²) in [6, 6.07) is 3.54. The van der Waals surface area contributed by atoms with Crippen molar-refractivity contribution in [3.05, 3.63) is 30.2 Å². The zero-order chi connectivity index (χ0) is 17.1. The molecule has 0 unspecified atom stereocenters. The van der Waals surface area contributed by atoms with Crippen molar-refractivity contribution >= 4 is 11.6 Å². The summed E-state index contributed by atoms with van der Waals surface area (Å²) < 4.78 is 7.15. The third kappa shape index (κ3) is 3.39. The van der Waals surface area contributed by atoms with Crippen LogP contribution in [0.15, 0.2) is 24.5 Å². The Morgan fingerprint density at radius 3 is 2.80 bits per heavy atom. The summed E-state index contributed by atoms with van der Waals surface area (Å²) in [6.45, 7) is 4.15. The van der Waals surface area contributed by atoms with Crippen LogP contribution in [-0.2, 0) is 4.74 Å². The van der Waals surface area contributed by atoms with Gasteiger partial charge in [0, 0.05) is 43.6 Å². The first-order valence-electron chi connectivity index (χ1n) is 9.18. The monoisotopic (exact) mass is 343 g/mol. The Hall–Kier alpha value is -1.99. The number of hydrogen-bond donors (Lipinski definition) is 1. The molecule has 4 rings (SSSR count). The maximum atomic E-state index is 12.6. The summed E-state index contributed by atoms with van der Waals surface area (Å²) in [6.07, 6.45) is 9.53.